The van der Waals surface area contributed by atoms with Gasteiger partial charge in [-0.3, -0.25) is 10.1 Å². The van der Waals surface area contributed by atoms with Gasteiger partial charge in [0.1, 0.15) is 0 Å². The second-order valence-corrected chi connectivity index (χ2v) is 5.06. The lowest BCUT2D eigenvalue weighted by atomic mass is 10.1. The van der Waals surface area contributed by atoms with Gasteiger partial charge in [0.15, 0.2) is 0 Å². The van der Waals surface area contributed by atoms with Gasteiger partial charge in [0, 0.05) is 23.5 Å². The largest absolute Gasteiger partial charge is 0.324 e. The monoisotopic (exact) mass is 228 g/mol. The standard InChI is InChI=1S/C10H16N2O2S/c1-7(2)8(3)11-6-9-4-5-10(15-9)12(13)14/h4-5,7-8,11H,6H2,1-3H3. The predicted octanol–water partition coefficient (Wildman–Crippen LogP) is 2.79. The Hall–Kier alpha value is -0.940. The van der Waals surface area contributed by atoms with Crippen LogP contribution in [0.2, 0.25) is 0 Å². The van der Waals surface area contributed by atoms with E-state index < -0.39 is 0 Å². The van der Waals surface area contributed by atoms with E-state index in [0.717, 1.165) is 4.88 Å². The van der Waals surface area contributed by atoms with Gasteiger partial charge in [-0.05, 0) is 18.9 Å². The molecule has 0 amide bonds. The Morgan fingerprint density at radius 3 is 2.60 bits per heavy atom. The average Bonchev–Trinajstić information content (AvgIpc) is 2.62. The summed E-state index contributed by atoms with van der Waals surface area (Å²) in [4.78, 5) is 11.1. The molecule has 1 N–H and O–H groups in total. The lowest BCUT2D eigenvalue weighted by Gasteiger charge is -2.16. The van der Waals surface area contributed by atoms with Gasteiger partial charge in [-0.15, -0.1) is 0 Å². The lowest BCUT2D eigenvalue weighted by Crippen LogP contribution is -2.29. The van der Waals surface area contributed by atoms with Gasteiger partial charge >= 0.3 is 5.00 Å². The number of nitrogens with zero attached hydrogens (tertiary/aromatic N) is 1. The van der Waals surface area contributed by atoms with Crippen LogP contribution in [0.1, 0.15) is 25.6 Å². The minimum atomic E-state index is -0.347. The number of thiophene rings is 1. The maximum absolute atomic E-state index is 10.5. The SMILES string of the molecule is CC(C)C(C)NCc1ccc([N+](=O)[O-])s1. The molecule has 0 fully saturated rings. The fourth-order valence-electron chi connectivity index (χ4n) is 1.06. The van der Waals surface area contributed by atoms with Gasteiger partial charge in [0.25, 0.3) is 0 Å². The van der Waals surface area contributed by atoms with Crippen molar-refractivity contribution in [2.24, 2.45) is 5.92 Å². The second-order valence-electron chi connectivity index (χ2n) is 3.91. The number of nitro groups is 1. The summed E-state index contributed by atoms with van der Waals surface area (Å²) in [6.45, 7) is 7.12. The van der Waals surface area contributed by atoms with E-state index in [9.17, 15) is 10.1 Å². The third kappa shape index (κ3) is 3.60. The highest BCUT2D eigenvalue weighted by atomic mass is 32.1. The van der Waals surface area contributed by atoms with E-state index in [1.807, 2.05) is 6.07 Å². The Balaban J connectivity index is 2.48. The number of hydrogen-bond acceptors (Lipinski definition) is 4. The van der Waals surface area contributed by atoms with E-state index in [0.29, 0.717) is 18.5 Å². The molecule has 1 aromatic heterocycles. The number of hydrogen-bond donors (Lipinski definition) is 1. The van der Waals surface area contributed by atoms with Gasteiger partial charge in [-0.2, -0.15) is 0 Å². The minimum absolute atomic E-state index is 0.212. The van der Waals surface area contributed by atoms with Crippen LogP contribution >= 0.6 is 11.3 Å². The van der Waals surface area contributed by atoms with E-state index in [-0.39, 0.29) is 9.92 Å². The molecule has 0 aliphatic carbocycles. The van der Waals surface area contributed by atoms with E-state index in [1.165, 1.54) is 11.3 Å². The van der Waals surface area contributed by atoms with E-state index in [2.05, 4.69) is 26.1 Å². The summed E-state index contributed by atoms with van der Waals surface area (Å²) in [5, 5.41) is 14.0. The van der Waals surface area contributed by atoms with Gasteiger partial charge in [0.05, 0.1) is 4.92 Å². The summed E-state index contributed by atoms with van der Waals surface area (Å²) in [5.41, 5.74) is 0. The van der Waals surface area contributed by atoms with E-state index >= 15 is 0 Å². The third-order valence-electron chi connectivity index (χ3n) is 2.43. The molecule has 5 heteroatoms. The highest BCUT2D eigenvalue weighted by Gasteiger charge is 2.11. The maximum atomic E-state index is 10.5. The van der Waals surface area contributed by atoms with Crippen LogP contribution in [0.3, 0.4) is 0 Å². The Kier molecular flexibility index (Phi) is 4.23. The Labute approximate surface area is 93.5 Å². The quantitative estimate of drug-likeness (QED) is 0.622. The first kappa shape index (κ1) is 12.1. The van der Waals surface area contributed by atoms with Crippen LogP contribution in [0, 0.1) is 16.0 Å². The molecule has 0 aliphatic heterocycles. The zero-order chi connectivity index (χ0) is 11.4. The van der Waals surface area contributed by atoms with Crippen LogP contribution in [-0.4, -0.2) is 11.0 Å². The first-order valence-corrected chi connectivity index (χ1v) is 5.79. The first-order chi connectivity index (χ1) is 7.00. The molecule has 0 saturated heterocycles. The molecular weight excluding hydrogens is 212 g/mol. The van der Waals surface area contributed by atoms with Crippen molar-refractivity contribution in [3.63, 3.8) is 0 Å². The van der Waals surface area contributed by atoms with Crippen LogP contribution in [0.25, 0.3) is 0 Å². The minimum Gasteiger partial charge on any atom is -0.309 e. The summed E-state index contributed by atoms with van der Waals surface area (Å²) in [6, 6.07) is 3.79. The molecule has 15 heavy (non-hydrogen) atoms. The van der Waals surface area contributed by atoms with Crippen LogP contribution in [-0.2, 0) is 6.54 Å². The summed E-state index contributed by atoms with van der Waals surface area (Å²) < 4.78 is 0. The van der Waals surface area contributed by atoms with Crippen molar-refractivity contribution < 1.29 is 4.92 Å². The zero-order valence-corrected chi connectivity index (χ0v) is 10.0. The Morgan fingerprint density at radius 1 is 1.47 bits per heavy atom. The normalized spacial score (nSPS) is 13.1. The van der Waals surface area contributed by atoms with Gasteiger partial charge in [-0.1, -0.05) is 25.2 Å². The topological polar surface area (TPSA) is 55.2 Å². The van der Waals surface area contributed by atoms with Gasteiger partial charge in [-0.25, -0.2) is 0 Å². The average molecular weight is 228 g/mol. The van der Waals surface area contributed by atoms with Gasteiger partial charge in [0.2, 0.25) is 0 Å². The van der Waals surface area contributed by atoms with Crippen molar-refractivity contribution in [3.05, 3.63) is 27.1 Å². The number of nitrogens with one attached hydrogen (secondary N) is 1. The first-order valence-electron chi connectivity index (χ1n) is 4.97. The molecule has 1 unspecified atom stereocenters. The van der Waals surface area contributed by atoms with E-state index in [4.69, 9.17) is 0 Å². The second kappa shape index (κ2) is 5.23. The van der Waals surface area contributed by atoms with Crippen molar-refractivity contribution in [2.45, 2.75) is 33.4 Å². The summed E-state index contributed by atoms with van der Waals surface area (Å²) >= 11 is 1.23. The van der Waals surface area contributed by atoms with Crippen molar-refractivity contribution in [2.75, 3.05) is 0 Å². The molecule has 0 aliphatic rings. The summed E-state index contributed by atoms with van der Waals surface area (Å²) in [5.74, 6) is 0.569. The van der Waals surface area contributed by atoms with Gasteiger partial charge < -0.3 is 5.32 Å². The van der Waals surface area contributed by atoms with Crippen LogP contribution < -0.4 is 5.32 Å². The smallest absolute Gasteiger partial charge is 0.309 e. The molecular formula is C10H16N2O2S. The van der Waals surface area contributed by atoms with E-state index in [1.54, 1.807) is 6.07 Å². The molecule has 1 aromatic rings. The fraction of sp³-hybridized carbons (Fsp3) is 0.600. The third-order valence-corrected chi connectivity index (χ3v) is 3.46. The molecule has 0 spiro atoms. The molecule has 0 saturated carbocycles. The molecule has 0 radical (unpaired) electrons. The summed E-state index contributed by atoms with van der Waals surface area (Å²) in [7, 11) is 0. The molecule has 4 nitrogen and oxygen atoms in total. The van der Waals surface area contributed by atoms with Crippen molar-refractivity contribution in [1.29, 1.82) is 0 Å². The van der Waals surface area contributed by atoms with Crippen molar-refractivity contribution in [3.8, 4) is 0 Å². The molecule has 0 aromatic carbocycles. The van der Waals surface area contributed by atoms with Crippen LogP contribution in [0.15, 0.2) is 12.1 Å². The molecule has 1 atom stereocenters. The van der Waals surface area contributed by atoms with Crippen molar-refractivity contribution in [1.82, 2.24) is 5.32 Å². The highest BCUT2D eigenvalue weighted by molar-refractivity contribution is 7.15. The van der Waals surface area contributed by atoms with Crippen molar-refractivity contribution >= 4 is 16.3 Å². The zero-order valence-electron chi connectivity index (χ0n) is 9.19. The van der Waals surface area contributed by atoms with Crippen LogP contribution in [0.4, 0.5) is 5.00 Å². The molecule has 1 rings (SSSR count). The highest BCUT2D eigenvalue weighted by Crippen LogP contribution is 2.23. The summed E-state index contributed by atoms with van der Waals surface area (Å²) in [6.07, 6.45) is 0. The molecule has 0 bridgehead atoms. The fourth-order valence-corrected chi connectivity index (χ4v) is 1.83. The Bertz CT molecular complexity index is 336. The molecule has 1 heterocycles. The lowest BCUT2D eigenvalue weighted by molar-refractivity contribution is -0.380. The number of rotatable bonds is 5. The van der Waals surface area contributed by atoms with Crippen LogP contribution in [0.5, 0.6) is 0 Å². The maximum Gasteiger partial charge on any atom is 0.324 e. The predicted molar refractivity (Wildman–Crippen MR) is 62.1 cm³/mol. The Morgan fingerprint density at radius 2 is 2.13 bits per heavy atom. The molecule has 84 valence electrons.